The van der Waals surface area contributed by atoms with Crippen molar-refractivity contribution in [1.29, 1.82) is 0 Å². The Labute approximate surface area is 125 Å². The lowest BCUT2D eigenvalue weighted by Crippen LogP contribution is -2.25. The molecule has 0 radical (unpaired) electrons. The Hall–Kier alpha value is -1.92. The number of esters is 1. The topological polar surface area (TPSA) is 89.8 Å². The fourth-order valence-corrected chi connectivity index (χ4v) is 1.47. The zero-order chi connectivity index (χ0) is 15.1. The van der Waals surface area contributed by atoms with Gasteiger partial charge in [0.05, 0.1) is 25.1 Å². The molecule has 1 heterocycles. The van der Waals surface area contributed by atoms with Crippen molar-refractivity contribution in [1.82, 2.24) is 5.32 Å². The Morgan fingerprint density at radius 2 is 2.30 bits per heavy atom. The molecular weight excluding hydrogens is 305 g/mol. The van der Waals surface area contributed by atoms with Crippen molar-refractivity contribution in [2.75, 3.05) is 7.11 Å². The normalized spacial score (nSPS) is 12.7. The van der Waals surface area contributed by atoms with Crippen LogP contribution in [0.5, 0.6) is 0 Å². The number of hydrogen-bond donors (Lipinski definition) is 2. The van der Waals surface area contributed by atoms with Crippen LogP contribution in [0.4, 0.5) is 0 Å². The summed E-state index contributed by atoms with van der Waals surface area (Å²) in [5.74, 6) is -0.200. The van der Waals surface area contributed by atoms with Gasteiger partial charge in [0.25, 0.3) is 0 Å². The summed E-state index contributed by atoms with van der Waals surface area (Å²) < 4.78 is 9.66. The molecule has 1 rings (SSSR count). The summed E-state index contributed by atoms with van der Waals surface area (Å²) in [4.78, 5) is 15.6. The second kappa shape index (κ2) is 7.62. The third-order valence-electron chi connectivity index (χ3n) is 2.08. The highest BCUT2D eigenvalue weighted by Gasteiger charge is 2.18. The van der Waals surface area contributed by atoms with Crippen LogP contribution < -0.4 is 11.1 Å². The molecule has 0 aliphatic heterocycles. The summed E-state index contributed by atoms with van der Waals surface area (Å²) in [7, 11) is 1.20. The van der Waals surface area contributed by atoms with Crippen LogP contribution >= 0.6 is 23.2 Å². The fourth-order valence-electron chi connectivity index (χ4n) is 1.20. The number of rotatable bonds is 6. The van der Waals surface area contributed by atoms with Gasteiger partial charge < -0.3 is 20.2 Å². The summed E-state index contributed by atoms with van der Waals surface area (Å²) in [5.41, 5.74) is 5.56. The molecule has 0 bridgehead atoms. The number of furan rings is 1. The minimum atomic E-state index is -0.743. The van der Waals surface area contributed by atoms with Crippen molar-refractivity contribution in [3.8, 4) is 0 Å². The van der Waals surface area contributed by atoms with Crippen LogP contribution in [0.15, 0.2) is 50.3 Å². The molecule has 0 aliphatic rings. The van der Waals surface area contributed by atoms with Crippen LogP contribution in [0.25, 0.3) is 0 Å². The van der Waals surface area contributed by atoms with Crippen molar-refractivity contribution < 1.29 is 13.9 Å². The second-order valence-corrected chi connectivity index (χ2v) is 4.33. The lowest BCUT2D eigenvalue weighted by molar-refractivity contribution is -0.136. The molecule has 3 N–H and O–H groups in total. The molecule has 0 spiro atoms. The molecule has 0 saturated carbocycles. The zero-order valence-corrected chi connectivity index (χ0v) is 12.2. The maximum absolute atomic E-state index is 11.6. The molecule has 8 heteroatoms. The minimum absolute atomic E-state index is 0.0117. The summed E-state index contributed by atoms with van der Waals surface area (Å²) in [6, 6.07) is 3.45. The Kier molecular flexibility index (Phi) is 6.14. The molecule has 6 nitrogen and oxygen atoms in total. The van der Waals surface area contributed by atoms with Crippen LogP contribution in [0, 0.1) is 0 Å². The van der Waals surface area contributed by atoms with Crippen molar-refractivity contribution in [3.05, 3.63) is 46.6 Å². The second-order valence-electron chi connectivity index (χ2n) is 3.49. The van der Waals surface area contributed by atoms with Gasteiger partial charge in [-0.1, -0.05) is 29.8 Å². The molecule has 0 atom stereocenters. The Morgan fingerprint density at radius 1 is 1.60 bits per heavy atom. The van der Waals surface area contributed by atoms with Crippen LogP contribution in [0.1, 0.15) is 5.76 Å². The molecule has 1 aromatic heterocycles. The van der Waals surface area contributed by atoms with Crippen LogP contribution in [-0.2, 0) is 16.1 Å². The monoisotopic (exact) mass is 317 g/mol. The first-order chi connectivity index (χ1) is 9.45. The zero-order valence-electron chi connectivity index (χ0n) is 10.7. The lowest BCUT2D eigenvalue weighted by Gasteiger charge is -2.10. The van der Waals surface area contributed by atoms with Crippen molar-refractivity contribution >= 4 is 35.0 Å². The van der Waals surface area contributed by atoms with E-state index < -0.39 is 5.97 Å². The number of aliphatic imine (C=N–C) groups is 1. The number of amidine groups is 1. The van der Waals surface area contributed by atoms with Crippen molar-refractivity contribution in [2.45, 2.75) is 6.54 Å². The van der Waals surface area contributed by atoms with E-state index in [1.165, 1.54) is 13.4 Å². The Morgan fingerprint density at radius 3 is 2.80 bits per heavy atom. The van der Waals surface area contributed by atoms with E-state index in [0.29, 0.717) is 5.76 Å². The van der Waals surface area contributed by atoms with Gasteiger partial charge in [0, 0.05) is 0 Å². The number of hydrogen-bond acceptors (Lipinski definition) is 5. The number of carbonyl (C=O) groups is 1. The molecular formula is C12H13Cl2N3O3. The maximum Gasteiger partial charge on any atom is 0.356 e. The molecule has 20 heavy (non-hydrogen) atoms. The number of halogens is 2. The molecule has 0 aliphatic carbocycles. The highest BCUT2D eigenvalue weighted by atomic mass is 35.5. The first-order valence-electron chi connectivity index (χ1n) is 5.38. The van der Waals surface area contributed by atoms with Gasteiger partial charge in [0.15, 0.2) is 0 Å². The fraction of sp³-hybridized carbons (Fsp3) is 0.167. The predicted octanol–water partition coefficient (Wildman–Crippen LogP) is 2.06. The quantitative estimate of drug-likeness (QED) is 0.275. The van der Waals surface area contributed by atoms with Crippen LogP contribution in [0.3, 0.4) is 0 Å². The molecule has 1 aromatic rings. The Bertz CT molecular complexity index is 550. The predicted molar refractivity (Wildman–Crippen MR) is 77.1 cm³/mol. The molecule has 108 valence electrons. The summed E-state index contributed by atoms with van der Waals surface area (Å²) in [6.45, 7) is 3.58. The van der Waals surface area contributed by atoms with E-state index >= 15 is 0 Å². The van der Waals surface area contributed by atoms with Gasteiger partial charge >= 0.3 is 5.97 Å². The summed E-state index contributed by atoms with van der Waals surface area (Å²) in [5, 5.41) is 2.33. The third-order valence-corrected chi connectivity index (χ3v) is 2.56. The number of ether oxygens (including phenoxy) is 1. The smallest absolute Gasteiger partial charge is 0.356 e. The van der Waals surface area contributed by atoms with Gasteiger partial charge in [-0.15, -0.1) is 0 Å². The first-order valence-corrected chi connectivity index (χ1v) is 6.13. The van der Waals surface area contributed by atoms with Gasteiger partial charge in [0.2, 0.25) is 0 Å². The SMILES string of the molecule is C=C(Cl)NC(C(=O)OC)=C(Cl)C(N)=NCc1ccco1. The van der Waals surface area contributed by atoms with Crippen LogP contribution in [0.2, 0.25) is 0 Å². The number of nitrogens with two attached hydrogens (primary N) is 1. The van der Waals surface area contributed by atoms with E-state index in [1.807, 2.05) is 0 Å². The van der Waals surface area contributed by atoms with E-state index in [2.05, 4.69) is 21.6 Å². The highest BCUT2D eigenvalue weighted by Crippen LogP contribution is 2.13. The van der Waals surface area contributed by atoms with Gasteiger partial charge in [-0.25, -0.2) is 4.79 Å². The number of nitrogens with zero attached hydrogens (tertiary/aromatic N) is 1. The highest BCUT2D eigenvalue weighted by molar-refractivity contribution is 6.44. The summed E-state index contributed by atoms with van der Waals surface area (Å²) in [6.07, 6.45) is 1.51. The average Bonchev–Trinajstić information content (AvgIpc) is 2.93. The maximum atomic E-state index is 11.6. The molecule has 0 saturated heterocycles. The van der Waals surface area contributed by atoms with Gasteiger partial charge in [-0.2, -0.15) is 0 Å². The molecule has 0 fully saturated rings. The van der Waals surface area contributed by atoms with E-state index in [1.54, 1.807) is 12.1 Å². The largest absolute Gasteiger partial charge is 0.467 e. The number of methoxy groups -OCH3 is 1. The number of nitrogens with one attached hydrogen (secondary N) is 1. The van der Waals surface area contributed by atoms with Gasteiger partial charge in [-0.05, 0) is 12.1 Å². The van der Waals surface area contributed by atoms with Crippen LogP contribution in [-0.4, -0.2) is 18.9 Å². The standard InChI is InChI=1S/C12H13Cl2N3O3/c1-7(13)17-10(12(18)19-2)9(14)11(15)16-6-8-4-3-5-20-8/h3-5,17H,1,6H2,2H3,(H2,15,16). The third kappa shape index (κ3) is 4.64. The number of carbonyl (C=O) groups excluding carboxylic acids is 1. The molecule has 0 amide bonds. The van der Waals surface area contributed by atoms with Gasteiger partial charge in [-0.3, -0.25) is 4.99 Å². The minimum Gasteiger partial charge on any atom is -0.467 e. The molecule has 0 unspecified atom stereocenters. The Balaban J connectivity index is 2.97. The van der Waals surface area contributed by atoms with E-state index in [9.17, 15) is 4.79 Å². The average molecular weight is 318 g/mol. The van der Waals surface area contributed by atoms with E-state index in [0.717, 1.165) is 0 Å². The van der Waals surface area contributed by atoms with E-state index in [4.69, 9.17) is 33.4 Å². The van der Waals surface area contributed by atoms with Gasteiger partial charge in [0.1, 0.15) is 22.3 Å². The molecule has 0 aromatic carbocycles. The lowest BCUT2D eigenvalue weighted by atomic mass is 10.3. The first kappa shape index (κ1) is 16.1. The van der Waals surface area contributed by atoms with Crippen molar-refractivity contribution in [3.63, 3.8) is 0 Å². The summed E-state index contributed by atoms with van der Waals surface area (Å²) >= 11 is 11.6. The van der Waals surface area contributed by atoms with E-state index in [-0.39, 0.29) is 28.3 Å². The van der Waals surface area contributed by atoms with Crippen molar-refractivity contribution in [2.24, 2.45) is 10.7 Å².